The number of nitrogens with one attached hydrogen (secondary N) is 1. The van der Waals surface area contributed by atoms with Crippen LogP contribution in [0.3, 0.4) is 0 Å². The summed E-state index contributed by atoms with van der Waals surface area (Å²) in [6.45, 7) is 1.72. The molecule has 1 atom stereocenters. The van der Waals surface area contributed by atoms with E-state index in [0.717, 1.165) is 5.56 Å². The van der Waals surface area contributed by atoms with Crippen LogP contribution in [0.2, 0.25) is 0 Å². The molecule has 184 valence electrons. The molecular weight excluding hydrogens is 455 g/mol. The average Bonchev–Trinajstić information content (AvgIpc) is 2.85. The van der Waals surface area contributed by atoms with E-state index < -0.39 is 36.1 Å². The number of ether oxygens (including phenoxy) is 3. The van der Waals surface area contributed by atoms with Gasteiger partial charge in [-0.2, -0.15) is 0 Å². The van der Waals surface area contributed by atoms with Crippen LogP contribution in [0.25, 0.3) is 0 Å². The van der Waals surface area contributed by atoms with Gasteiger partial charge in [-0.15, -0.1) is 0 Å². The van der Waals surface area contributed by atoms with Crippen molar-refractivity contribution in [2.75, 3.05) is 20.3 Å². The van der Waals surface area contributed by atoms with E-state index in [4.69, 9.17) is 14.2 Å². The Morgan fingerprint density at radius 3 is 2.57 bits per heavy atom. The minimum Gasteiger partial charge on any atom is -0.503 e. The highest BCUT2D eigenvalue weighted by atomic mass is 19.1. The molecule has 9 heteroatoms. The summed E-state index contributed by atoms with van der Waals surface area (Å²) < 4.78 is 29.9. The van der Waals surface area contributed by atoms with Gasteiger partial charge in [-0.25, -0.2) is 9.37 Å². The Hall–Kier alpha value is -4.14. The Morgan fingerprint density at radius 2 is 1.86 bits per heavy atom. The topological polar surface area (TPSA) is 107 Å². The van der Waals surface area contributed by atoms with Crippen LogP contribution >= 0.6 is 0 Å². The lowest BCUT2D eigenvalue weighted by Crippen LogP contribution is -2.34. The monoisotopic (exact) mass is 482 g/mol. The maximum atomic E-state index is 13.7. The average molecular weight is 483 g/mol. The largest absolute Gasteiger partial charge is 0.503 e. The van der Waals surface area contributed by atoms with Gasteiger partial charge in [0.2, 0.25) is 0 Å². The van der Waals surface area contributed by atoms with Gasteiger partial charge in [0.25, 0.3) is 5.91 Å². The first-order chi connectivity index (χ1) is 16.9. The molecule has 0 fully saturated rings. The number of aromatic hydroxyl groups is 1. The maximum absolute atomic E-state index is 13.7. The summed E-state index contributed by atoms with van der Waals surface area (Å²) in [7, 11) is 1.35. The lowest BCUT2D eigenvalue weighted by molar-refractivity contribution is -0.147. The second-order valence-electron chi connectivity index (χ2n) is 7.58. The molecule has 2 N–H and O–H groups in total. The fourth-order valence-electron chi connectivity index (χ4n) is 3.50. The first kappa shape index (κ1) is 25.5. The summed E-state index contributed by atoms with van der Waals surface area (Å²) in [5, 5.41) is 12.5. The van der Waals surface area contributed by atoms with Crippen LogP contribution in [0, 0.1) is 5.82 Å². The van der Waals surface area contributed by atoms with Gasteiger partial charge in [0, 0.05) is 31.2 Å². The zero-order chi connectivity index (χ0) is 25.2. The highest BCUT2D eigenvalue weighted by molar-refractivity contribution is 5.97. The van der Waals surface area contributed by atoms with Gasteiger partial charge in [0.15, 0.2) is 17.2 Å². The molecule has 0 aliphatic heterocycles. The third-order valence-electron chi connectivity index (χ3n) is 5.10. The molecule has 3 rings (SSSR count). The number of benzene rings is 2. The SMILES string of the molecule is CCOc1cc(F)ccc1CC(Cc1ccccc1)OC(=O)CNC(=O)c1nccc(OC)c1O. The maximum Gasteiger partial charge on any atom is 0.325 e. The Bertz CT molecular complexity index is 1160. The van der Waals surface area contributed by atoms with Crippen LogP contribution in [0.1, 0.15) is 28.5 Å². The zero-order valence-corrected chi connectivity index (χ0v) is 19.5. The standard InChI is InChI=1S/C26H27FN2O6/c1-3-34-22-15-19(27)10-9-18(22)14-20(13-17-7-5-4-6-8-17)35-23(30)16-29-26(32)24-25(31)21(33-2)11-12-28-24/h4-12,15,20,31H,3,13-14,16H2,1-2H3,(H,29,32). The van der Waals surface area contributed by atoms with E-state index in [-0.39, 0.29) is 17.9 Å². The summed E-state index contributed by atoms with van der Waals surface area (Å²) >= 11 is 0. The van der Waals surface area contributed by atoms with Crippen molar-refractivity contribution < 1.29 is 33.3 Å². The normalized spacial score (nSPS) is 11.4. The quantitative estimate of drug-likeness (QED) is 0.403. The van der Waals surface area contributed by atoms with E-state index in [1.807, 2.05) is 30.3 Å². The molecule has 0 bridgehead atoms. The Labute approximate surface area is 202 Å². The van der Waals surface area contributed by atoms with Gasteiger partial charge < -0.3 is 24.6 Å². The number of halogens is 1. The number of aromatic nitrogens is 1. The van der Waals surface area contributed by atoms with Crippen molar-refractivity contribution in [2.24, 2.45) is 0 Å². The van der Waals surface area contributed by atoms with Crippen LogP contribution in [0.4, 0.5) is 4.39 Å². The summed E-state index contributed by atoms with van der Waals surface area (Å²) in [6.07, 6.45) is 1.39. The Balaban J connectivity index is 1.70. The lowest BCUT2D eigenvalue weighted by Gasteiger charge is -2.20. The second kappa shape index (κ2) is 12.4. The van der Waals surface area contributed by atoms with Crippen molar-refractivity contribution in [3.63, 3.8) is 0 Å². The van der Waals surface area contributed by atoms with Crippen molar-refractivity contribution in [3.05, 3.63) is 83.4 Å². The fourth-order valence-corrected chi connectivity index (χ4v) is 3.50. The van der Waals surface area contributed by atoms with E-state index >= 15 is 0 Å². The van der Waals surface area contributed by atoms with Gasteiger partial charge in [0.05, 0.1) is 13.7 Å². The van der Waals surface area contributed by atoms with E-state index in [0.29, 0.717) is 24.3 Å². The molecule has 1 amide bonds. The van der Waals surface area contributed by atoms with Crippen LogP contribution < -0.4 is 14.8 Å². The van der Waals surface area contributed by atoms with E-state index in [1.165, 1.54) is 31.5 Å². The van der Waals surface area contributed by atoms with Crippen LogP contribution in [-0.4, -0.2) is 48.3 Å². The molecule has 8 nitrogen and oxygen atoms in total. The number of nitrogens with zero attached hydrogens (tertiary/aromatic N) is 1. The highest BCUT2D eigenvalue weighted by Gasteiger charge is 2.21. The minimum absolute atomic E-state index is 0.0834. The molecule has 2 aromatic carbocycles. The van der Waals surface area contributed by atoms with E-state index in [2.05, 4.69) is 10.3 Å². The molecule has 3 aromatic rings. The Morgan fingerprint density at radius 1 is 1.09 bits per heavy atom. The van der Waals surface area contributed by atoms with Crippen molar-refractivity contribution in [1.82, 2.24) is 10.3 Å². The molecule has 0 saturated carbocycles. The van der Waals surface area contributed by atoms with Crippen molar-refractivity contribution >= 4 is 11.9 Å². The molecule has 0 spiro atoms. The number of hydrogen-bond donors (Lipinski definition) is 2. The van der Waals surface area contributed by atoms with E-state index in [9.17, 15) is 19.1 Å². The molecule has 0 radical (unpaired) electrons. The lowest BCUT2D eigenvalue weighted by atomic mass is 10.0. The van der Waals surface area contributed by atoms with Crippen molar-refractivity contribution in [1.29, 1.82) is 0 Å². The van der Waals surface area contributed by atoms with Gasteiger partial charge >= 0.3 is 5.97 Å². The first-order valence-electron chi connectivity index (χ1n) is 11.1. The minimum atomic E-state index is -0.755. The molecule has 35 heavy (non-hydrogen) atoms. The number of carbonyl (C=O) groups is 2. The molecule has 0 aliphatic rings. The summed E-state index contributed by atoms with van der Waals surface area (Å²) in [5.41, 5.74) is 1.36. The number of esters is 1. The van der Waals surface area contributed by atoms with Gasteiger partial charge in [-0.1, -0.05) is 36.4 Å². The van der Waals surface area contributed by atoms with E-state index in [1.54, 1.807) is 13.0 Å². The molecule has 1 aromatic heterocycles. The number of carbonyl (C=O) groups excluding carboxylic acids is 2. The van der Waals surface area contributed by atoms with Crippen molar-refractivity contribution in [3.8, 4) is 17.2 Å². The number of rotatable bonds is 11. The highest BCUT2D eigenvalue weighted by Crippen LogP contribution is 2.27. The van der Waals surface area contributed by atoms with Crippen LogP contribution in [0.15, 0.2) is 60.8 Å². The summed E-state index contributed by atoms with van der Waals surface area (Å²) in [5.74, 6) is -1.82. The third-order valence-corrected chi connectivity index (χ3v) is 5.10. The third kappa shape index (κ3) is 7.17. The van der Waals surface area contributed by atoms with Gasteiger partial charge in [-0.3, -0.25) is 9.59 Å². The van der Waals surface area contributed by atoms with Gasteiger partial charge in [0.1, 0.15) is 24.2 Å². The van der Waals surface area contributed by atoms with Crippen LogP contribution in [-0.2, 0) is 22.4 Å². The predicted octanol–water partition coefficient (Wildman–Crippen LogP) is 3.46. The number of pyridine rings is 1. The Kier molecular flexibility index (Phi) is 9.00. The zero-order valence-electron chi connectivity index (χ0n) is 19.5. The second-order valence-corrected chi connectivity index (χ2v) is 7.58. The molecular formula is C26H27FN2O6. The number of methoxy groups -OCH3 is 1. The molecule has 0 saturated heterocycles. The van der Waals surface area contributed by atoms with Crippen LogP contribution in [0.5, 0.6) is 17.2 Å². The molecule has 1 heterocycles. The predicted molar refractivity (Wildman–Crippen MR) is 126 cm³/mol. The number of hydrogen-bond acceptors (Lipinski definition) is 7. The van der Waals surface area contributed by atoms with Crippen molar-refractivity contribution in [2.45, 2.75) is 25.9 Å². The molecule has 0 aliphatic carbocycles. The summed E-state index contributed by atoms with van der Waals surface area (Å²) in [4.78, 5) is 28.8. The fraction of sp³-hybridized carbons (Fsp3) is 0.269. The number of amides is 1. The smallest absolute Gasteiger partial charge is 0.325 e. The summed E-state index contributed by atoms with van der Waals surface area (Å²) in [6, 6.07) is 15.1. The first-order valence-corrected chi connectivity index (χ1v) is 11.1. The van der Waals surface area contributed by atoms with Gasteiger partial charge in [-0.05, 0) is 24.1 Å². The molecule has 1 unspecified atom stereocenters.